The van der Waals surface area contributed by atoms with Crippen molar-refractivity contribution in [3.63, 3.8) is 0 Å². The Morgan fingerprint density at radius 2 is 1.68 bits per heavy atom. The molecular weight excluding hydrogens is 408 g/mol. The third-order valence-electron chi connectivity index (χ3n) is 7.30. The number of benzene rings is 1. The molecule has 1 aromatic heterocycles. The third-order valence-corrected chi connectivity index (χ3v) is 8.14. The number of hydrogen-bond donors (Lipinski definition) is 2. The van der Waals surface area contributed by atoms with Crippen LogP contribution in [0.5, 0.6) is 0 Å². The number of hydrogen-bond acceptors (Lipinski definition) is 5. The van der Waals surface area contributed by atoms with E-state index >= 15 is 0 Å². The monoisotopic (exact) mass is 438 g/mol. The Hall–Kier alpha value is -2.28. The van der Waals surface area contributed by atoms with Crippen LogP contribution in [0.1, 0.15) is 61.9 Å². The van der Waals surface area contributed by atoms with Crippen molar-refractivity contribution < 1.29 is 9.59 Å². The van der Waals surface area contributed by atoms with Gasteiger partial charge in [-0.15, -0.1) is 10.2 Å². The van der Waals surface area contributed by atoms with Crippen molar-refractivity contribution in [3.05, 3.63) is 40.9 Å². The molecule has 0 aliphatic heterocycles. The molecule has 164 valence electrons. The fourth-order valence-corrected chi connectivity index (χ4v) is 7.15. The number of anilines is 1. The lowest BCUT2D eigenvalue weighted by molar-refractivity contribution is -0.146. The zero-order valence-corrected chi connectivity index (χ0v) is 18.6. The molecule has 0 unspecified atom stereocenters. The van der Waals surface area contributed by atoms with Crippen LogP contribution in [-0.4, -0.2) is 28.6 Å². The van der Waals surface area contributed by atoms with Crippen molar-refractivity contribution in [2.75, 3.05) is 11.9 Å². The van der Waals surface area contributed by atoms with Crippen molar-refractivity contribution in [2.45, 2.75) is 57.8 Å². The molecule has 2 amide bonds. The first-order valence-electron chi connectivity index (χ1n) is 11.5. The van der Waals surface area contributed by atoms with E-state index in [1.165, 1.54) is 36.2 Å². The Balaban J connectivity index is 1.04. The molecule has 6 nitrogen and oxygen atoms in total. The molecule has 0 spiro atoms. The lowest BCUT2D eigenvalue weighted by atomic mass is 9.49. The van der Waals surface area contributed by atoms with Crippen LogP contribution in [-0.2, 0) is 16.0 Å². The predicted molar refractivity (Wildman–Crippen MR) is 121 cm³/mol. The second-order valence-electron chi connectivity index (χ2n) is 9.77. The van der Waals surface area contributed by atoms with E-state index in [0.29, 0.717) is 30.9 Å². The molecule has 1 aromatic carbocycles. The summed E-state index contributed by atoms with van der Waals surface area (Å²) in [5.41, 5.74) is 1.06. The Morgan fingerprint density at radius 3 is 2.35 bits per heavy atom. The summed E-state index contributed by atoms with van der Waals surface area (Å²) in [6.07, 6.45) is 8.97. The first kappa shape index (κ1) is 20.6. The average molecular weight is 439 g/mol. The second kappa shape index (κ2) is 8.69. The van der Waals surface area contributed by atoms with Crippen LogP contribution in [0, 0.1) is 23.2 Å². The van der Waals surface area contributed by atoms with Crippen molar-refractivity contribution in [1.29, 1.82) is 0 Å². The van der Waals surface area contributed by atoms with E-state index in [-0.39, 0.29) is 17.2 Å². The molecule has 4 fully saturated rings. The van der Waals surface area contributed by atoms with Gasteiger partial charge in [-0.2, -0.15) is 0 Å². The maximum Gasteiger partial charge on any atom is 0.226 e. The lowest BCUT2D eigenvalue weighted by Crippen LogP contribution is -2.53. The molecule has 6 rings (SSSR count). The molecular formula is C24H30N4O2S. The minimum absolute atomic E-state index is 0.0773. The van der Waals surface area contributed by atoms with Crippen LogP contribution in [0.25, 0.3) is 0 Å². The van der Waals surface area contributed by atoms with Gasteiger partial charge in [-0.3, -0.25) is 9.59 Å². The molecule has 31 heavy (non-hydrogen) atoms. The zero-order valence-electron chi connectivity index (χ0n) is 17.8. The van der Waals surface area contributed by atoms with Gasteiger partial charge in [-0.05, 0) is 68.3 Å². The fourth-order valence-electron chi connectivity index (χ4n) is 6.35. The standard InChI is InChI=1S/C24H30N4O2S/c29-20(26-23-28-27-21(31-23)12-16-5-2-1-3-6-16)7-4-8-25-22(30)24-13-17-9-18(14-24)11-19(10-17)15-24/h1-3,5-6,17-19H,4,7-15H2,(H,25,30)(H,26,28,29). The van der Waals surface area contributed by atoms with Gasteiger partial charge in [0, 0.05) is 24.8 Å². The van der Waals surface area contributed by atoms with Gasteiger partial charge in [0.05, 0.1) is 0 Å². The van der Waals surface area contributed by atoms with E-state index < -0.39 is 0 Å². The second-order valence-corrected chi connectivity index (χ2v) is 10.8. The molecule has 2 N–H and O–H groups in total. The zero-order chi connectivity index (χ0) is 21.3. The number of aromatic nitrogens is 2. The van der Waals surface area contributed by atoms with Gasteiger partial charge in [-0.25, -0.2) is 0 Å². The van der Waals surface area contributed by atoms with Gasteiger partial charge in [0.2, 0.25) is 16.9 Å². The minimum Gasteiger partial charge on any atom is -0.356 e. The molecule has 1 heterocycles. The van der Waals surface area contributed by atoms with E-state index in [4.69, 9.17) is 0 Å². The highest BCUT2D eigenvalue weighted by molar-refractivity contribution is 7.15. The molecule has 4 bridgehead atoms. The molecule has 2 aromatic rings. The number of rotatable bonds is 8. The number of carbonyl (C=O) groups excluding carboxylic acids is 2. The largest absolute Gasteiger partial charge is 0.356 e. The predicted octanol–water partition coefficient (Wildman–Crippen LogP) is 4.18. The summed E-state index contributed by atoms with van der Waals surface area (Å²) in [5, 5.41) is 15.7. The van der Waals surface area contributed by atoms with Crippen molar-refractivity contribution in [1.82, 2.24) is 15.5 Å². The van der Waals surface area contributed by atoms with Gasteiger partial charge in [0.15, 0.2) is 0 Å². The van der Waals surface area contributed by atoms with E-state index in [1.807, 2.05) is 18.2 Å². The Labute approximate surface area is 187 Å². The van der Waals surface area contributed by atoms with Crippen molar-refractivity contribution >= 4 is 28.3 Å². The smallest absolute Gasteiger partial charge is 0.226 e. The maximum absolute atomic E-state index is 13.0. The Kier molecular flexibility index (Phi) is 5.78. The third kappa shape index (κ3) is 4.66. The number of nitrogens with one attached hydrogen (secondary N) is 2. The normalized spacial score (nSPS) is 28.5. The van der Waals surface area contributed by atoms with E-state index in [9.17, 15) is 9.59 Å². The highest BCUT2D eigenvalue weighted by Crippen LogP contribution is 2.60. The SMILES string of the molecule is O=C(CCCNC(=O)C12CC3CC(CC(C3)C1)C2)Nc1nnc(Cc2ccccc2)s1. The first-order chi connectivity index (χ1) is 15.1. The van der Waals surface area contributed by atoms with Gasteiger partial charge in [0.25, 0.3) is 0 Å². The molecule has 4 saturated carbocycles. The topological polar surface area (TPSA) is 84.0 Å². The maximum atomic E-state index is 13.0. The van der Waals surface area contributed by atoms with Crippen molar-refractivity contribution in [3.8, 4) is 0 Å². The summed E-state index contributed by atoms with van der Waals surface area (Å²) in [6, 6.07) is 10.1. The Bertz CT molecular complexity index is 907. The van der Waals surface area contributed by atoms with Gasteiger partial charge >= 0.3 is 0 Å². The first-order valence-corrected chi connectivity index (χ1v) is 12.3. The van der Waals surface area contributed by atoms with Gasteiger partial charge in [-0.1, -0.05) is 41.7 Å². The number of nitrogens with zero attached hydrogens (tertiary/aromatic N) is 2. The average Bonchev–Trinajstić information content (AvgIpc) is 3.17. The molecule has 4 aliphatic rings. The van der Waals surface area contributed by atoms with E-state index in [1.54, 1.807) is 0 Å². The van der Waals surface area contributed by atoms with Crippen LogP contribution in [0.15, 0.2) is 30.3 Å². The summed E-state index contributed by atoms with van der Waals surface area (Å²) in [7, 11) is 0. The fraction of sp³-hybridized carbons (Fsp3) is 0.583. The summed E-state index contributed by atoms with van der Waals surface area (Å²) >= 11 is 1.41. The van der Waals surface area contributed by atoms with E-state index in [0.717, 1.165) is 42.0 Å². The van der Waals surface area contributed by atoms with Crippen molar-refractivity contribution in [2.24, 2.45) is 23.2 Å². The van der Waals surface area contributed by atoms with Crippen LogP contribution >= 0.6 is 11.3 Å². The van der Waals surface area contributed by atoms with Crippen LogP contribution < -0.4 is 10.6 Å². The highest BCUT2D eigenvalue weighted by atomic mass is 32.1. The molecule has 0 saturated heterocycles. The van der Waals surface area contributed by atoms with Crippen LogP contribution in [0.2, 0.25) is 0 Å². The van der Waals surface area contributed by atoms with Gasteiger partial charge < -0.3 is 10.6 Å². The Morgan fingerprint density at radius 1 is 1.00 bits per heavy atom. The van der Waals surface area contributed by atoms with Gasteiger partial charge in [0.1, 0.15) is 5.01 Å². The molecule has 4 aliphatic carbocycles. The van der Waals surface area contributed by atoms with Crippen LogP contribution in [0.3, 0.4) is 0 Å². The molecule has 7 heteroatoms. The molecule has 0 atom stereocenters. The van der Waals surface area contributed by atoms with E-state index in [2.05, 4.69) is 33.0 Å². The number of amides is 2. The summed E-state index contributed by atoms with van der Waals surface area (Å²) in [4.78, 5) is 25.2. The number of carbonyl (C=O) groups is 2. The lowest BCUT2D eigenvalue weighted by Gasteiger charge is -2.55. The molecule has 0 radical (unpaired) electrons. The highest BCUT2D eigenvalue weighted by Gasteiger charge is 2.54. The summed E-state index contributed by atoms with van der Waals surface area (Å²) in [5.74, 6) is 2.46. The quantitative estimate of drug-likeness (QED) is 0.606. The summed E-state index contributed by atoms with van der Waals surface area (Å²) in [6.45, 7) is 0.559. The summed E-state index contributed by atoms with van der Waals surface area (Å²) < 4.78 is 0. The van der Waals surface area contributed by atoms with Crippen LogP contribution in [0.4, 0.5) is 5.13 Å². The minimum atomic E-state index is -0.112.